The van der Waals surface area contributed by atoms with Crippen molar-refractivity contribution in [2.45, 2.75) is 18.4 Å². The molecule has 0 saturated carbocycles. The maximum absolute atomic E-state index is 14.3. The molecule has 1 aromatic heterocycles. The van der Waals surface area contributed by atoms with Crippen molar-refractivity contribution in [3.05, 3.63) is 65.5 Å². The molecule has 3 rings (SSSR count). The standard InChI is InChI=1S/C17H16F2N2O2/c18-13-1-2-14(15(19)11-13)17(5-9-23-10-6-17)21-16(22)12-3-7-20-8-4-12/h1-4,7-8,11H,5-6,9-10H2,(H,21,22). The van der Waals surface area contributed by atoms with Gasteiger partial charge in [-0.25, -0.2) is 8.78 Å². The molecule has 1 amide bonds. The second-order valence-electron chi connectivity index (χ2n) is 5.51. The van der Waals surface area contributed by atoms with Gasteiger partial charge >= 0.3 is 0 Å². The van der Waals surface area contributed by atoms with E-state index in [2.05, 4.69) is 10.3 Å². The predicted molar refractivity (Wildman–Crippen MR) is 79.8 cm³/mol. The van der Waals surface area contributed by atoms with E-state index in [1.54, 1.807) is 12.1 Å². The van der Waals surface area contributed by atoms with E-state index < -0.39 is 17.2 Å². The molecule has 0 bridgehead atoms. The first-order valence-electron chi connectivity index (χ1n) is 7.36. The summed E-state index contributed by atoms with van der Waals surface area (Å²) in [5.41, 5.74) is -0.186. The van der Waals surface area contributed by atoms with Crippen molar-refractivity contribution in [1.29, 1.82) is 0 Å². The van der Waals surface area contributed by atoms with Gasteiger partial charge in [0.2, 0.25) is 0 Å². The van der Waals surface area contributed by atoms with Crippen molar-refractivity contribution >= 4 is 5.91 Å². The SMILES string of the molecule is O=C(NC1(c2ccc(F)cc2F)CCOCC1)c1ccncc1. The van der Waals surface area contributed by atoms with Crippen LogP contribution in [0.4, 0.5) is 8.78 Å². The number of pyridine rings is 1. The molecule has 1 aliphatic rings. The van der Waals surface area contributed by atoms with Crippen molar-refractivity contribution in [3.8, 4) is 0 Å². The number of nitrogens with one attached hydrogen (secondary N) is 1. The quantitative estimate of drug-likeness (QED) is 0.947. The van der Waals surface area contributed by atoms with Gasteiger partial charge in [0.05, 0.1) is 5.54 Å². The summed E-state index contributed by atoms with van der Waals surface area (Å²) in [5, 5.41) is 2.92. The van der Waals surface area contributed by atoms with E-state index in [9.17, 15) is 13.6 Å². The number of carbonyl (C=O) groups excluding carboxylic acids is 1. The van der Waals surface area contributed by atoms with Crippen molar-refractivity contribution in [2.75, 3.05) is 13.2 Å². The molecule has 4 nitrogen and oxygen atoms in total. The van der Waals surface area contributed by atoms with Gasteiger partial charge in [0.15, 0.2) is 0 Å². The second-order valence-corrected chi connectivity index (χ2v) is 5.51. The molecule has 0 aliphatic carbocycles. The molecular formula is C17H16F2N2O2. The summed E-state index contributed by atoms with van der Waals surface area (Å²) in [5.74, 6) is -1.63. The number of ether oxygens (including phenoxy) is 1. The smallest absolute Gasteiger partial charge is 0.252 e. The average Bonchev–Trinajstić information content (AvgIpc) is 2.56. The Hall–Kier alpha value is -2.34. The summed E-state index contributed by atoms with van der Waals surface area (Å²) in [6.45, 7) is 0.793. The fourth-order valence-corrected chi connectivity index (χ4v) is 2.85. The normalized spacial score (nSPS) is 16.8. The second kappa shape index (κ2) is 6.42. The van der Waals surface area contributed by atoms with Crippen LogP contribution < -0.4 is 5.32 Å². The Labute approximate surface area is 132 Å². The van der Waals surface area contributed by atoms with Crippen LogP contribution >= 0.6 is 0 Å². The van der Waals surface area contributed by atoms with Crippen LogP contribution in [0, 0.1) is 11.6 Å². The lowest BCUT2D eigenvalue weighted by atomic mass is 9.82. The predicted octanol–water partition coefficient (Wildman–Crippen LogP) is 2.80. The molecule has 1 N–H and O–H groups in total. The van der Waals surface area contributed by atoms with Crippen LogP contribution in [0.3, 0.4) is 0 Å². The number of hydrogen-bond donors (Lipinski definition) is 1. The molecule has 1 fully saturated rings. The van der Waals surface area contributed by atoms with E-state index >= 15 is 0 Å². The lowest BCUT2D eigenvalue weighted by Crippen LogP contribution is -2.50. The molecule has 23 heavy (non-hydrogen) atoms. The maximum Gasteiger partial charge on any atom is 0.252 e. The monoisotopic (exact) mass is 318 g/mol. The summed E-state index contributed by atoms with van der Waals surface area (Å²) >= 11 is 0. The Balaban J connectivity index is 1.95. The molecule has 0 radical (unpaired) electrons. The molecule has 0 atom stereocenters. The van der Waals surface area contributed by atoms with Crippen LogP contribution in [0.25, 0.3) is 0 Å². The molecule has 120 valence electrons. The number of halogens is 2. The Morgan fingerprint density at radius 2 is 1.83 bits per heavy atom. The van der Waals surface area contributed by atoms with E-state index in [1.807, 2.05) is 0 Å². The van der Waals surface area contributed by atoms with Gasteiger partial charge in [0.25, 0.3) is 5.91 Å². The van der Waals surface area contributed by atoms with Crippen molar-refractivity contribution in [2.24, 2.45) is 0 Å². The Kier molecular flexibility index (Phi) is 4.34. The minimum absolute atomic E-state index is 0.282. The van der Waals surface area contributed by atoms with Gasteiger partial charge in [-0.1, -0.05) is 6.07 Å². The molecular weight excluding hydrogens is 302 g/mol. The highest BCUT2D eigenvalue weighted by Gasteiger charge is 2.38. The first-order chi connectivity index (χ1) is 11.1. The van der Waals surface area contributed by atoms with Crippen LogP contribution in [0.2, 0.25) is 0 Å². The summed E-state index contributed by atoms with van der Waals surface area (Å²) < 4.78 is 32.8. The minimum Gasteiger partial charge on any atom is -0.381 e. The number of amides is 1. The zero-order valence-corrected chi connectivity index (χ0v) is 12.4. The summed E-state index contributed by atoms with van der Waals surface area (Å²) in [6.07, 6.45) is 3.88. The summed E-state index contributed by atoms with van der Waals surface area (Å²) in [7, 11) is 0. The van der Waals surface area contributed by atoms with Gasteiger partial charge in [0.1, 0.15) is 11.6 Å². The highest BCUT2D eigenvalue weighted by Crippen LogP contribution is 2.34. The Morgan fingerprint density at radius 1 is 1.13 bits per heavy atom. The molecule has 6 heteroatoms. The van der Waals surface area contributed by atoms with Gasteiger partial charge in [0, 0.05) is 42.8 Å². The van der Waals surface area contributed by atoms with Crippen molar-refractivity contribution in [1.82, 2.24) is 10.3 Å². The van der Waals surface area contributed by atoms with E-state index in [4.69, 9.17) is 4.74 Å². The molecule has 2 aromatic rings. The fraction of sp³-hybridized carbons (Fsp3) is 0.294. The lowest BCUT2D eigenvalue weighted by molar-refractivity contribution is 0.0333. The van der Waals surface area contributed by atoms with Crippen LogP contribution in [-0.2, 0) is 10.3 Å². The number of benzene rings is 1. The topological polar surface area (TPSA) is 51.2 Å². The third kappa shape index (κ3) is 3.22. The minimum atomic E-state index is -0.906. The number of aromatic nitrogens is 1. The summed E-state index contributed by atoms with van der Waals surface area (Å²) in [4.78, 5) is 16.4. The Bertz CT molecular complexity index is 701. The Morgan fingerprint density at radius 3 is 2.48 bits per heavy atom. The molecule has 0 unspecified atom stereocenters. The van der Waals surface area contributed by atoms with Gasteiger partial charge in [-0.2, -0.15) is 0 Å². The maximum atomic E-state index is 14.3. The first kappa shape index (κ1) is 15.6. The van der Waals surface area contributed by atoms with Crippen LogP contribution in [0.1, 0.15) is 28.8 Å². The van der Waals surface area contributed by atoms with Gasteiger partial charge in [-0.15, -0.1) is 0 Å². The number of hydrogen-bond acceptors (Lipinski definition) is 3. The third-order valence-electron chi connectivity index (χ3n) is 4.09. The van der Waals surface area contributed by atoms with Crippen molar-refractivity contribution < 1.29 is 18.3 Å². The summed E-state index contributed by atoms with van der Waals surface area (Å²) in [6, 6.07) is 6.61. The largest absolute Gasteiger partial charge is 0.381 e. The lowest BCUT2D eigenvalue weighted by Gasteiger charge is -2.38. The van der Waals surface area contributed by atoms with Gasteiger partial charge in [-0.3, -0.25) is 9.78 Å². The van der Waals surface area contributed by atoms with E-state index in [0.717, 1.165) is 6.07 Å². The zero-order chi connectivity index (χ0) is 16.3. The molecule has 1 aliphatic heterocycles. The molecule has 2 heterocycles. The van der Waals surface area contributed by atoms with E-state index in [0.29, 0.717) is 31.6 Å². The molecule has 1 aromatic carbocycles. The fourth-order valence-electron chi connectivity index (χ4n) is 2.85. The van der Waals surface area contributed by atoms with Crippen LogP contribution in [0.5, 0.6) is 0 Å². The van der Waals surface area contributed by atoms with Gasteiger partial charge < -0.3 is 10.1 Å². The van der Waals surface area contributed by atoms with Crippen LogP contribution in [-0.4, -0.2) is 24.1 Å². The highest BCUT2D eigenvalue weighted by atomic mass is 19.1. The average molecular weight is 318 g/mol. The number of carbonyl (C=O) groups is 1. The van der Waals surface area contributed by atoms with E-state index in [1.165, 1.54) is 24.5 Å². The first-order valence-corrected chi connectivity index (χ1v) is 7.36. The molecule has 1 saturated heterocycles. The van der Waals surface area contributed by atoms with Crippen molar-refractivity contribution in [3.63, 3.8) is 0 Å². The highest BCUT2D eigenvalue weighted by molar-refractivity contribution is 5.94. The number of rotatable bonds is 3. The van der Waals surface area contributed by atoms with E-state index in [-0.39, 0.29) is 11.5 Å². The van der Waals surface area contributed by atoms with Gasteiger partial charge in [-0.05, 0) is 31.0 Å². The molecule has 0 spiro atoms. The third-order valence-corrected chi connectivity index (χ3v) is 4.09. The number of nitrogens with zero attached hydrogens (tertiary/aromatic N) is 1. The van der Waals surface area contributed by atoms with Crippen LogP contribution in [0.15, 0.2) is 42.7 Å². The zero-order valence-electron chi connectivity index (χ0n) is 12.4.